The number of alkyl halides is 3. The first-order chi connectivity index (χ1) is 8.36. The fraction of sp³-hybridized carbons (Fsp3) is 0.111. The zero-order chi connectivity index (χ0) is 13.3. The van der Waals surface area contributed by atoms with E-state index in [2.05, 4.69) is 10.2 Å². The van der Waals surface area contributed by atoms with Crippen LogP contribution in [0.2, 0.25) is 5.02 Å². The van der Waals surface area contributed by atoms with Crippen LogP contribution in [0.25, 0.3) is 0 Å². The molecule has 0 aliphatic heterocycles. The number of ether oxygens (including phenoxy) is 1. The van der Waals surface area contributed by atoms with E-state index in [1.165, 1.54) is 18.2 Å². The molecule has 0 radical (unpaired) electrons. The van der Waals surface area contributed by atoms with Crippen molar-refractivity contribution < 1.29 is 17.9 Å². The van der Waals surface area contributed by atoms with Crippen LogP contribution in [0.3, 0.4) is 0 Å². The van der Waals surface area contributed by atoms with Gasteiger partial charge < -0.3 is 10.5 Å². The van der Waals surface area contributed by atoms with Crippen LogP contribution in [0.15, 0.2) is 18.2 Å². The number of nitrogens with zero attached hydrogens (tertiary/aromatic N) is 2. The summed E-state index contributed by atoms with van der Waals surface area (Å²) < 4.78 is 41.9. The summed E-state index contributed by atoms with van der Waals surface area (Å²) in [4.78, 5) is 0. The van der Waals surface area contributed by atoms with Gasteiger partial charge in [-0.15, -0.1) is 5.10 Å². The molecule has 0 fully saturated rings. The zero-order valence-electron chi connectivity index (χ0n) is 8.53. The van der Waals surface area contributed by atoms with Crippen molar-refractivity contribution in [1.82, 2.24) is 10.2 Å². The lowest BCUT2D eigenvalue weighted by atomic mass is 10.3. The van der Waals surface area contributed by atoms with Crippen LogP contribution in [-0.4, -0.2) is 10.2 Å². The maximum absolute atomic E-state index is 12.3. The van der Waals surface area contributed by atoms with E-state index < -0.39 is 11.2 Å². The smallest absolute Gasteiger partial charge is 0.430 e. The van der Waals surface area contributed by atoms with Gasteiger partial charge >= 0.3 is 6.18 Å². The topological polar surface area (TPSA) is 61.0 Å². The molecule has 96 valence electrons. The van der Waals surface area contributed by atoms with E-state index in [-0.39, 0.29) is 16.0 Å². The van der Waals surface area contributed by atoms with Gasteiger partial charge in [-0.25, -0.2) is 0 Å². The average molecular weight is 296 g/mol. The van der Waals surface area contributed by atoms with Crippen molar-refractivity contribution in [2.75, 3.05) is 5.73 Å². The molecule has 0 saturated heterocycles. The predicted molar refractivity (Wildman–Crippen MR) is 60.8 cm³/mol. The van der Waals surface area contributed by atoms with Crippen LogP contribution < -0.4 is 10.5 Å². The maximum atomic E-state index is 12.3. The Kier molecular flexibility index (Phi) is 3.31. The maximum Gasteiger partial charge on any atom is 0.445 e. The molecule has 2 rings (SSSR count). The Hall–Kier alpha value is -1.54. The van der Waals surface area contributed by atoms with Gasteiger partial charge in [0.05, 0.1) is 10.7 Å². The van der Waals surface area contributed by atoms with Gasteiger partial charge in [0, 0.05) is 6.07 Å². The quantitative estimate of drug-likeness (QED) is 0.860. The van der Waals surface area contributed by atoms with Gasteiger partial charge in [-0.3, -0.25) is 0 Å². The molecular weight excluding hydrogens is 291 g/mol. The van der Waals surface area contributed by atoms with E-state index in [1.54, 1.807) is 0 Å². The first kappa shape index (κ1) is 12.9. The molecule has 0 saturated carbocycles. The van der Waals surface area contributed by atoms with Gasteiger partial charge in [0.2, 0.25) is 5.01 Å². The van der Waals surface area contributed by atoms with E-state index in [1.807, 2.05) is 0 Å². The van der Waals surface area contributed by atoms with Crippen LogP contribution in [0.4, 0.5) is 18.9 Å². The van der Waals surface area contributed by atoms with Crippen LogP contribution in [0.5, 0.6) is 10.9 Å². The van der Waals surface area contributed by atoms with Crippen LogP contribution in [0.1, 0.15) is 5.01 Å². The molecule has 0 aliphatic rings. The minimum absolute atomic E-state index is 0.219. The Labute approximate surface area is 108 Å². The Balaban J connectivity index is 2.19. The highest BCUT2D eigenvalue weighted by Gasteiger charge is 2.36. The molecule has 0 aliphatic carbocycles. The third-order valence-corrected chi connectivity index (χ3v) is 3.00. The van der Waals surface area contributed by atoms with Gasteiger partial charge in [0.15, 0.2) is 0 Å². The van der Waals surface area contributed by atoms with Gasteiger partial charge in [-0.2, -0.15) is 13.2 Å². The van der Waals surface area contributed by atoms with Crippen LogP contribution in [-0.2, 0) is 6.18 Å². The molecule has 1 aromatic heterocycles. The largest absolute Gasteiger partial charge is 0.445 e. The second-order valence-corrected chi connectivity index (χ2v) is 4.50. The molecular formula is C9H5ClF3N3OS. The minimum atomic E-state index is -4.53. The van der Waals surface area contributed by atoms with Crippen molar-refractivity contribution in [3.05, 3.63) is 28.2 Å². The summed E-state index contributed by atoms with van der Waals surface area (Å²) in [5.74, 6) is 0.235. The van der Waals surface area contributed by atoms with Crippen molar-refractivity contribution in [2.45, 2.75) is 6.18 Å². The molecule has 0 spiro atoms. The summed E-state index contributed by atoms with van der Waals surface area (Å²) in [6, 6.07) is 4.32. The van der Waals surface area contributed by atoms with Crippen molar-refractivity contribution in [1.29, 1.82) is 0 Å². The number of nitrogen functional groups attached to an aromatic ring is 1. The fourth-order valence-electron chi connectivity index (χ4n) is 1.04. The number of nitrogens with two attached hydrogens (primary N) is 1. The monoisotopic (exact) mass is 295 g/mol. The zero-order valence-corrected chi connectivity index (χ0v) is 10.1. The van der Waals surface area contributed by atoms with E-state index in [4.69, 9.17) is 22.1 Å². The van der Waals surface area contributed by atoms with Crippen LogP contribution >= 0.6 is 22.9 Å². The number of rotatable bonds is 2. The summed E-state index contributed by atoms with van der Waals surface area (Å²) in [5, 5.41) is 5.22. The molecule has 0 atom stereocenters. The minimum Gasteiger partial charge on any atom is -0.430 e. The Morgan fingerprint density at radius 3 is 2.56 bits per heavy atom. The molecule has 0 amide bonds. The third-order valence-electron chi connectivity index (χ3n) is 1.83. The Morgan fingerprint density at radius 2 is 2.00 bits per heavy atom. The van der Waals surface area contributed by atoms with Crippen molar-refractivity contribution in [3.8, 4) is 10.9 Å². The molecule has 4 nitrogen and oxygen atoms in total. The predicted octanol–water partition coefficient (Wildman–Crippen LogP) is 3.58. The molecule has 18 heavy (non-hydrogen) atoms. The average Bonchev–Trinajstić information content (AvgIpc) is 2.72. The van der Waals surface area contributed by atoms with Gasteiger partial charge in [-0.1, -0.05) is 28.0 Å². The van der Waals surface area contributed by atoms with Crippen molar-refractivity contribution in [3.63, 3.8) is 0 Å². The van der Waals surface area contributed by atoms with E-state index in [9.17, 15) is 13.2 Å². The molecule has 1 aromatic carbocycles. The highest BCUT2D eigenvalue weighted by molar-refractivity contribution is 7.13. The molecule has 2 aromatic rings. The highest BCUT2D eigenvalue weighted by atomic mass is 35.5. The lowest BCUT2D eigenvalue weighted by molar-refractivity contribution is -0.138. The second-order valence-electron chi connectivity index (χ2n) is 3.16. The van der Waals surface area contributed by atoms with Gasteiger partial charge in [0.1, 0.15) is 5.75 Å². The first-order valence-corrected chi connectivity index (χ1v) is 5.69. The Bertz CT molecular complexity index is 572. The number of aromatic nitrogens is 2. The second kappa shape index (κ2) is 4.62. The molecule has 1 heterocycles. The molecule has 0 bridgehead atoms. The van der Waals surface area contributed by atoms with Gasteiger partial charge in [0.25, 0.3) is 5.19 Å². The SMILES string of the molecule is Nc1ccc(Oc2nnc(C(F)(F)F)s2)cc1Cl. The third kappa shape index (κ3) is 2.82. The van der Waals surface area contributed by atoms with E-state index >= 15 is 0 Å². The van der Waals surface area contributed by atoms with Crippen LogP contribution in [0, 0.1) is 0 Å². The standard InChI is InChI=1S/C9H5ClF3N3OS/c10-5-3-4(1-2-6(5)14)17-8-16-15-7(18-8)9(11,12)13/h1-3H,14H2. The number of halogens is 4. The van der Waals surface area contributed by atoms with Crippen molar-refractivity contribution in [2.24, 2.45) is 0 Å². The number of benzene rings is 1. The van der Waals surface area contributed by atoms with Crippen molar-refractivity contribution >= 4 is 28.6 Å². The van der Waals surface area contributed by atoms with E-state index in [0.717, 1.165) is 0 Å². The summed E-state index contributed by atoms with van der Waals surface area (Å²) in [7, 11) is 0. The summed E-state index contributed by atoms with van der Waals surface area (Å²) in [6.45, 7) is 0. The van der Waals surface area contributed by atoms with E-state index in [0.29, 0.717) is 17.0 Å². The summed E-state index contributed by atoms with van der Waals surface area (Å²) in [5.41, 5.74) is 5.83. The number of hydrogen-bond donors (Lipinski definition) is 1. The molecule has 0 unspecified atom stereocenters. The molecule has 2 N–H and O–H groups in total. The fourth-order valence-corrected chi connectivity index (χ4v) is 1.79. The first-order valence-electron chi connectivity index (χ1n) is 4.50. The highest BCUT2D eigenvalue weighted by Crippen LogP contribution is 2.36. The normalized spacial score (nSPS) is 11.6. The summed E-state index contributed by atoms with van der Waals surface area (Å²) in [6.07, 6.45) is -4.53. The summed E-state index contributed by atoms with van der Waals surface area (Å²) >= 11 is 6.04. The van der Waals surface area contributed by atoms with Gasteiger partial charge in [-0.05, 0) is 12.1 Å². The molecule has 9 heteroatoms. The number of anilines is 1. The Morgan fingerprint density at radius 1 is 1.28 bits per heavy atom. The lowest BCUT2D eigenvalue weighted by Crippen LogP contribution is -2.03. The number of hydrogen-bond acceptors (Lipinski definition) is 5. The lowest BCUT2D eigenvalue weighted by Gasteiger charge is -2.03.